The first-order valence-corrected chi connectivity index (χ1v) is 45.4. The molecule has 0 atom stereocenters. The maximum atomic E-state index is 4.58. The SMILES string of the molecule is C.C.C.C.C.C.C.C.C.C.CC(C)C.CC(C)C.CC(C)C.CC(C)C.CC(C)C.CC(C)C.CC(C)C.CC(C)C.CC(C)C.CC(C)C.CC(C)C.CC(C)C.CC(C)C.c1c[nH]cn1.c1cc[nH]c1.c1cc[nH]c1.c1ccncc1.c1ccnnc1.c1ccoc1.c1ccoc1.c1ccsc1.c1ccsc1.c1cnccn1.c1cncnc1.c1cocn1.c1cscn1. The van der Waals surface area contributed by atoms with Crippen molar-refractivity contribution >= 4 is 34.0 Å². The van der Waals surface area contributed by atoms with Gasteiger partial charge in [0.1, 0.15) is 12.6 Å². The van der Waals surface area contributed by atoms with Crippen molar-refractivity contribution in [3.8, 4) is 0 Å². The molecule has 0 aliphatic heterocycles. The minimum absolute atomic E-state index is 0. The third-order valence-electron chi connectivity index (χ3n) is 5.80. The molecular formula is C112H223N13O3S3. The number of thiazole rings is 1. The van der Waals surface area contributed by atoms with E-state index >= 15 is 0 Å². The molecule has 13 aromatic rings. The summed E-state index contributed by atoms with van der Waals surface area (Å²) in [6.07, 6.45) is 43.5. The van der Waals surface area contributed by atoms with Crippen LogP contribution in [0.3, 0.4) is 0 Å². The Labute approximate surface area is 831 Å². The summed E-state index contributed by atoms with van der Waals surface area (Å²) in [5, 5.41) is 17.2. The molecule has 19 heteroatoms. The van der Waals surface area contributed by atoms with Crippen LogP contribution in [-0.2, 0) is 0 Å². The average Bonchev–Trinajstić information content (AvgIpc) is 2.07. The fraction of sp³-hybridized carbons (Fsp3) is 0.554. The van der Waals surface area contributed by atoms with Gasteiger partial charge < -0.3 is 28.2 Å². The Bertz CT molecular complexity index is 2240. The third-order valence-corrected chi connectivity index (χ3v) is 7.58. The molecule has 13 rings (SSSR count). The molecule has 3 N–H and O–H groups in total. The maximum absolute atomic E-state index is 4.58. The maximum Gasteiger partial charge on any atom is 0.180 e. The van der Waals surface area contributed by atoms with E-state index in [0.717, 1.165) is 76.9 Å². The highest BCUT2D eigenvalue weighted by atomic mass is 32.1. The number of pyridine rings is 1. The minimum atomic E-state index is 0. The molecule has 0 fully saturated rings. The molecule has 13 heterocycles. The zero-order valence-corrected chi connectivity index (χ0v) is 86.2. The summed E-state index contributed by atoms with van der Waals surface area (Å²) >= 11 is 5.03. The minimum Gasteiger partial charge on any atom is -0.473 e. The second-order valence-corrected chi connectivity index (χ2v) is 35.7. The molecule has 0 spiro atoms. The summed E-state index contributed by atoms with van der Waals surface area (Å²) in [4.78, 5) is 38.0. The van der Waals surface area contributed by atoms with Crippen molar-refractivity contribution in [2.24, 2.45) is 76.9 Å². The first-order valence-electron chi connectivity index (χ1n) is 42.6. The molecule has 0 unspecified atom stereocenters. The van der Waals surface area contributed by atoms with Crippen LogP contribution in [-0.4, -0.2) is 65.0 Å². The average molecular weight is 1900 g/mol. The molecule has 0 aromatic carbocycles. The van der Waals surface area contributed by atoms with Gasteiger partial charge in [0.15, 0.2) is 6.39 Å². The molecule has 0 saturated carbocycles. The first kappa shape index (κ1) is 182. The van der Waals surface area contributed by atoms with Gasteiger partial charge in [0.2, 0.25) is 0 Å². The Morgan fingerprint density at radius 1 is 0.183 bits per heavy atom. The van der Waals surface area contributed by atoms with Gasteiger partial charge in [-0.05, 0) is 177 Å². The van der Waals surface area contributed by atoms with E-state index in [9.17, 15) is 0 Å². The van der Waals surface area contributed by atoms with E-state index in [0.29, 0.717) is 0 Å². The van der Waals surface area contributed by atoms with Crippen LogP contribution in [0, 0.1) is 76.9 Å². The lowest BCUT2D eigenvalue weighted by molar-refractivity contribution is 0.558. The smallest absolute Gasteiger partial charge is 0.180 e. The Hall–Kier alpha value is -9.04. The standard InChI is InChI=1S/C5H5N.3C4H4N2.2C4H5N.2C4H4O.2C4H4S.13C4H10.C3H4N2.C3H3NO.C3H3NS.10CH4/c1-2-4-6-5-3-1;1-2-6-4-3-5-1;1-2-5-4-6-3-1;1-2-4-6-5-3-1;6*1-2-4-5-3-1;13*1-4(2)3;3*1-2-5-3-4-1;;;;;;;;;;/h1-5H;3*1-4H;2*1-5H;4*1-4H;13*4H,1-3H3;1-3H,(H,4,5);2*1-3H;10*1H4. The Morgan fingerprint density at radius 3 is 0.519 bits per heavy atom. The second-order valence-electron chi connectivity index (χ2n) is 33.3. The largest absolute Gasteiger partial charge is 0.473 e. The topological polar surface area (TPSA) is 216 Å². The van der Waals surface area contributed by atoms with Crippen LogP contribution in [0.4, 0.5) is 0 Å². The number of thiophene rings is 2. The predicted molar refractivity (Wildman–Crippen MR) is 609 cm³/mol. The monoisotopic (exact) mass is 1890 g/mol. The molecule has 0 amide bonds. The number of nitrogens with one attached hydrogen (secondary N) is 3. The van der Waals surface area contributed by atoms with Crippen molar-refractivity contribution in [3.05, 3.63) is 304 Å². The number of oxazole rings is 1. The Balaban J connectivity index is -0.0000000440. The van der Waals surface area contributed by atoms with Crippen LogP contribution in [0.25, 0.3) is 0 Å². The summed E-state index contributed by atoms with van der Waals surface area (Å²) < 4.78 is 13.6. The molecule has 131 heavy (non-hydrogen) atoms. The van der Waals surface area contributed by atoms with Crippen LogP contribution in [0.15, 0.2) is 317 Å². The number of aromatic nitrogens is 13. The lowest BCUT2D eigenvalue weighted by Gasteiger charge is -1.79. The molecule has 0 radical (unpaired) electrons. The fourth-order valence-electron chi connectivity index (χ4n) is 3.10. The van der Waals surface area contributed by atoms with Crippen molar-refractivity contribution < 1.29 is 13.3 Å². The number of nitrogens with zero attached hydrogens (tertiary/aromatic N) is 10. The van der Waals surface area contributed by atoms with Gasteiger partial charge >= 0.3 is 0 Å². The van der Waals surface area contributed by atoms with Crippen molar-refractivity contribution in [2.45, 2.75) is 344 Å². The molecule has 0 bridgehead atoms. The van der Waals surface area contributed by atoms with E-state index in [2.05, 4.69) is 348 Å². The lowest BCUT2D eigenvalue weighted by Crippen LogP contribution is -1.69. The van der Waals surface area contributed by atoms with Crippen molar-refractivity contribution in [3.63, 3.8) is 0 Å². The van der Waals surface area contributed by atoms with Crippen molar-refractivity contribution in [2.75, 3.05) is 0 Å². The van der Waals surface area contributed by atoms with Crippen LogP contribution >= 0.6 is 34.0 Å². The van der Waals surface area contributed by atoms with Gasteiger partial charge in [-0.25, -0.2) is 19.9 Å². The van der Waals surface area contributed by atoms with E-state index < -0.39 is 0 Å². The Morgan fingerprint density at radius 2 is 0.443 bits per heavy atom. The summed E-state index contributed by atoms with van der Waals surface area (Å²) in [5.74, 6) is 10.8. The van der Waals surface area contributed by atoms with Crippen LogP contribution in [0.2, 0.25) is 0 Å². The van der Waals surface area contributed by atoms with Crippen LogP contribution in [0.5, 0.6) is 0 Å². The molecule has 772 valence electrons. The summed E-state index contributed by atoms with van der Waals surface area (Å²) in [6.45, 7) is 84.5. The zero-order valence-electron chi connectivity index (χ0n) is 83.8. The van der Waals surface area contributed by atoms with E-state index in [1.54, 1.807) is 164 Å². The number of hydrogen-bond donors (Lipinski definition) is 3. The van der Waals surface area contributed by atoms with E-state index in [4.69, 9.17) is 0 Å². The van der Waals surface area contributed by atoms with Gasteiger partial charge in [0.05, 0.1) is 43.1 Å². The van der Waals surface area contributed by atoms with Gasteiger partial charge in [-0.3, -0.25) is 19.9 Å². The fourth-order valence-corrected chi connectivity index (χ4v) is 4.36. The number of imidazole rings is 1. The predicted octanol–water partition coefficient (Wildman–Crippen LogP) is 40.8. The number of furan rings is 2. The molecule has 0 saturated heterocycles. The highest BCUT2D eigenvalue weighted by molar-refractivity contribution is 7.08. The third kappa shape index (κ3) is 476. The van der Waals surface area contributed by atoms with Gasteiger partial charge in [-0.1, -0.05) is 375 Å². The molecular weight excluding hydrogens is 1670 g/mol. The van der Waals surface area contributed by atoms with Gasteiger partial charge in [-0.2, -0.15) is 32.9 Å². The lowest BCUT2D eigenvalue weighted by atomic mass is 10.3. The van der Waals surface area contributed by atoms with Gasteiger partial charge in [0.25, 0.3) is 0 Å². The van der Waals surface area contributed by atoms with E-state index in [1.165, 1.54) is 19.0 Å². The van der Waals surface area contributed by atoms with E-state index in [-0.39, 0.29) is 74.3 Å². The van der Waals surface area contributed by atoms with Crippen molar-refractivity contribution in [1.82, 2.24) is 65.0 Å². The first-order chi connectivity index (χ1) is 57.0. The van der Waals surface area contributed by atoms with Crippen LogP contribution in [0.1, 0.15) is 344 Å². The quantitative estimate of drug-likeness (QED) is 0.129. The number of hydrogen-bond acceptors (Lipinski definition) is 16. The molecule has 13 aromatic heterocycles. The molecule has 0 aliphatic carbocycles. The summed E-state index contributed by atoms with van der Waals surface area (Å²) in [7, 11) is 0. The highest BCUT2D eigenvalue weighted by Gasteiger charge is 1.75. The number of rotatable bonds is 0. The second kappa shape index (κ2) is 178. The summed E-state index contributed by atoms with van der Waals surface area (Å²) in [6, 6.07) is 34.3. The molecule has 16 nitrogen and oxygen atoms in total. The zero-order chi connectivity index (χ0) is 95.3. The number of H-pyrrole nitrogens is 3. The molecule has 0 aliphatic rings. The van der Waals surface area contributed by atoms with E-state index in [1.807, 2.05) is 155 Å². The van der Waals surface area contributed by atoms with Crippen molar-refractivity contribution in [1.29, 1.82) is 0 Å². The van der Waals surface area contributed by atoms with Gasteiger partial charge in [-0.15, -0.1) is 11.3 Å². The number of aromatic amines is 3. The van der Waals surface area contributed by atoms with Crippen LogP contribution < -0.4 is 0 Å². The highest BCUT2D eigenvalue weighted by Crippen LogP contribution is 1.94. The normalized spacial score (nSPS) is 7.79. The van der Waals surface area contributed by atoms with Gasteiger partial charge in [0, 0.05) is 111 Å². The Kier molecular flexibility index (Phi) is 247. The summed E-state index contributed by atoms with van der Waals surface area (Å²) in [5.41, 5.74) is 1.79.